The van der Waals surface area contributed by atoms with Crippen molar-refractivity contribution in [2.45, 2.75) is 31.8 Å². The van der Waals surface area contributed by atoms with Crippen LogP contribution in [-0.2, 0) is 4.74 Å². The fourth-order valence-electron chi connectivity index (χ4n) is 2.72. The van der Waals surface area contributed by atoms with Crippen molar-refractivity contribution in [1.82, 2.24) is 4.90 Å². The van der Waals surface area contributed by atoms with E-state index in [1.165, 1.54) is 0 Å². The topological polar surface area (TPSA) is 32.7 Å². The van der Waals surface area contributed by atoms with E-state index in [-0.39, 0.29) is 6.10 Å². The number of rotatable bonds is 3. The van der Waals surface area contributed by atoms with Crippen LogP contribution >= 0.6 is 12.6 Å². The summed E-state index contributed by atoms with van der Waals surface area (Å²) in [6.07, 6.45) is 4.06. The molecular weight excluding hydrogens is 222 g/mol. The van der Waals surface area contributed by atoms with E-state index in [1.54, 1.807) is 0 Å². The number of hydrogen-bond acceptors (Lipinski definition) is 4. The summed E-state index contributed by atoms with van der Waals surface area (Å²) in [4.78, 5) is 2.49. The number of aliphatic hydroxyl groups excluding tert-OH is 1. The first kappa shape index (κ1) is 12.7. The molecule has 0 aromatic carbocycles. The van der Waals surface area contributed by atoms with Gasteiger partial charge in [0.25, 0.3) is 0 Å². The highest BCUT2D eigenvalue weighted by Crippen LogP contribution is 2.33. The molecule has 2 saturated heterocycles. The van der Waals surface area contributed by atoms with E-state index < -0.39 is 0 Å². The van der Waals surface area contributed by atoms with Crippen molar-refractivity contribution in [3.8, 4) is 0 Å². The third kappa shape index (κ3) is 3.13. The smallest absolute Gasteiger partial charge is 0.0564 e. The molecule has 0 atom stereocenters. The predicted molar refractivity (Wildman–Crippen MR) is 68.0 cm³/mol. The standard InChI is InChI=1S/C12H23NO2S/c14-11-1-5-13(6-2-11)9-12(10-16)3-7-15-8-4-12/h11,14,16H,1-10H2. The van der Waals surface area contributed by atoms with Crippen LogP contribution in [0.4, 0.5) is 0 Å². The number of hydrogen-bond donors (Lipinski definition) is 2. The first-order valence-electron chi connectivity index (χ1n) is 6.33. The molecular formula is C12H23NO2S. The van der Waals surface area contributed by atoms with Crippen LogP contribution in [0.25, 0.3) is 0 Å². The normalized spacial score (nSPS) is 28.1. The fraction of sp³-hybridized carbons (Fsp3) is 1.00. The molecule has 1 N–H and O–H groups in total. The summed E-state index contributed by atoms with van der Waals surface area (Å²) in [5.74, 6) is 0.954. The molecule has 0 aromatic heterocycles. The Morgan fingerprint density at radius 3 is 2.44 bits per heavy atom. The van der Waals surface area contributed by atoms with Gasteiger partial charge in [0, 0.05) is 32.8 Å². The molecule has 0 bridgehead atoms. The molecule has 2 heterocycles. The Morgan fingerprint density at radius 2 is 1.88 bits per heavy atom. The minimum Gasteiger partial charge on any atom is -0.393 e. The summed E-state index contributed by atoms with van der Waals surface area (Å²) in [6, 6.07) is 0. The molecule has 0 radical (unpaired) electrons. The van der Waals surface area contributed by atoms with Gasteiger partial charge in [0.15, 0.2) is 0 Å². The average Bonchev–Trinajstić information content (AvgIpc) is 2.33. The minimum absolute atomic E-state index is 0.0714. The van der Waals surface area contributed by atoms with E-state index >= 15 is 0 Å². The van der Waals surface area contributed by atoms with Gasteiger partial charge in [-0.15, -0.1) is 0 Å². The quantitative estimate of drug-likeness (QED) is 0.732. The Kier molecular flexibility index (Phi) is 4.53. The van der Waals surface area contributed by atoms with E-state index in [2.05, 4.69) is 17.5 Å². The summed E-state index contributed by atoms with van der Waals surface area (Å²) in [7, 11) is 0. The molecule has 2 rings (SSSR count). The Labute approximate surface area is 104 Å². The predicted octanol–water partition coefficient (Wildman–Crippen LogP) is 1.17. The van der Waals surface area contributed by atoms with Gasteiger partial charge in [-0.1, -0.05) is 0 Å². The molecule has 4 heteroatoms. The van der Waals surface area contributed by atoms with Gasteiger partial charge in [-0.3, -0.25) is 0 Å². The lowest BCUT2D eigenvalue weighted by Crippen LogP contribution is -2.46. The van der Waals surface area contributed by atoms with Crippen LogP contribution in [0.15, 0.2) is 0 Å². The minimum atomic E-state index is -0.0714. The SMILES string of the molecule is OC1CCN(CC2(CS)CCOCC2)CC1. The maximum absolute atomic E-state index is 9.49. The van der Waals surface area contributed by atoms with Crippen molar-refractivity contribution < 1.29 is 9.84 Å². The monoisotopic (exact) mass is 245 g/mol. The van der Waals surface area contributed by atoms with Crippen LogP contribution < -0.4 is 0 Å². The highest BCUT2D eigenvalue weighted by atomic mass is 32.1. The molecule has 16 heavy (non-hydrogen) atoms. The second kappa shape index (κ2) is 5.71. The van der Waals surface area contributed by atoms with Crippen LogP contribution in [0, 0.1) is 5.41 Å². The fourth-order valence-corrected chi connectivity index (χ4v) is 3.14. The lowest BCUT2D eigenvalue weighted by Gasteiger charge is -2.41. The lowest BCUT2D eigenvalue weighted by atomic mass is 9.81. The summed E-state index contributed by atoms with van der Waals surface area (Å²) in [5.41, 5.74) is 0.351. The van der Waals surface area contributed by atoms with Crippen molar-refractivity contribution in [3.63, 3.8) is 0 Å². The van der Waals surface area contributed by atoms with Crippen molar-refractivity contribution in [1.29, 1.82) is 0 Å². The summed E-state index contributed by atoms with van der Waals surface area (Å²) in [5, 5.41) is 9.49. The zero-order valence-electron chi connectivity index (χ0n) is 9.90. The summed E-state index contributed by atoms with van der Waals surface area (Å²) in [6.45, 7) is 4.98. The number of piperidine rings is 1. The number of likely N-dealkylation sites (tertiary alicyclic amines) is 1. The Balaban J connectivity index is 1.86. The first-order valence-corrected chi connectivity index (χ1v) is 6.96. The van der Waals surface area contributed by atoms with Crippen molar-refractivity contribution in [2.75, 3.05) is 38.6 Å². The Hall–Kier alpha value is 0.230. The van der Waals surface area contributed by atoms with Gasteiger partial charge in [0.1, 0.15) is 0 Å². The van der Waals surface area contributed by atoms with E-state index in [4.69, 9.17) is 4.74 Å². The second-order valence-electron chi connectivity index (χ2n) is 5.28. The van der Waals surface area contributed by atoms with Gasteiger partial charge in [-0.05, 0) is 36.9 Å². The molecule has 0 amide bonds. The molecule has 3 nitrogen and oxygen atoms in total. The van der Waals surface area contributed by atoms with Gasteiger partial charge in [0.2, 0.25) is 0 Å². The largest absolute Gasteiger partial charge is 0.393 e. The number of thiol groups is 1. The van der Waals surface area contributed by atoms with Crippen LogP contribution in [0.3, 0.4) is 0 Å². The van der Waals surface area contributed by atoms with Crippen LogP contribution in [0.1, 0.15) is 25.7 Å². The van der Waals surface area contributed by atoms with Gasteiger partial charge >= 0.3 is 0 Å². The first-order chi connectivity index (χ1) is 7.74. The van der Waals surface area contributed by atoms with Crippen LogP contribution in [-0.4, -0.2) is 54.7 Å². The highest BCUT2D eigenvalue weighted by Gasteiger charge is 2.34. The number of aliphatic hydroxyl groups is 1. The van der Waals surface area contributed by atoms with Crippen molar-refractivity contribution in [2.24, 2.45) is 5.41 Å². The zero-order valence-corrected chi connectivity index (χ0v) is 10.8. The van der Waals surface area contributed by atoms with Crippen LogP contribution in [0.2, 0.25) is 0 Å². The lowest BCUT2D eigenvalue weighted by molar-refractivity contribution is -0.00473. The van der Waals surface area contributed by atoms with E-state index in [9.17, 15) is 5.11 Å². The molecule has 94 valence electrons. The molecule has 0 unspecified atom stereocenters. The Morgan fingerprint density at radius 1 is 1.25 bits per heavy atom. The highest BCUT2D eigenvalue weighted by molar-refractivity contribution is 7.80. The Bertz CT molecular complexity index is 211. The van der Waals surface area contributed by atoms with Gasteiger partial charge < -0.3 is 14.7 Å². The third-order valence-corrected chi connectivity index (χ3v) is 4.68. The van der Waals surface area contributed by atoms with E-state index in [1.807, 2.05) is 0 Å². The van der Waals surface area contributed by atoms with Gasteiger partial charge in [-0.25, -0.2) is 0 Å². The van der Waals surface area contributed by atoms with Crippen molar-refractivity contribution in [3.05, 3.63) is 0 Å². The molecule has 2 fully saturated rings. The van der Waals surface area contributed by atoms with Crippen LogP contribution in [0.5, 0.6) is 0 Å². The van der Waals surface area contributed by atoms with E-state index in [0.29, 0.717) is 5.41 Å². The molecule has 0 spiro atoms. The average molecular weight is 245 g/mol. The molecule has 0 aliphatic carbocycles. The maximum Gasteiger partial charge on any atom is 0.0564 e. The summed E-state index contributed by atoms with van der Waals surface area (Å²) >= 11 is 4.53. The number of ether oxygens (including phenoxy) is 1. The summed E-state index contributed by atoms with van der Waals surface area (Å²) < 4.78 is 5.44. The van der Waals surface area contributed by atoms with Gasteiger partial charge in [-0.2, -0.15) is 12.6 Å². The number of nitrogens with zero attached hydrogens (tertiary/aromatic N) is 1. The second-order valence-corrected chi connectivity index (χ2v) is 5.59. The molecule has 0 saturated carbocycles. The van der Waals surface area contributed by atoms with Gasteiger partial charge in [0.05, 0.1) is 6.10 Å². The van der Waals surface area contributed by atoms with E-state index in [0.717, 1.165) is 64.3 Å². The molecule has 2 aliphatic rings. The third-order valence-electron chi connectivity index (χ3n) is 4.00. The zero-order chi connectivity index (χ0) is 11.4. The molecule has 2 aliphatic heterocycles. The maximum atomic E-state index is 9.49. The van der Waals surface area contributed by atoms with Crippen molar-refractivity contribution >= 4 is 12.6 Å². The molecule has 0 aromatic rings.